The maximum atomic E-state index is 13.0. The van der Waals surface area contributed by atoms with Crippen LogP contribution in [-0.4, -0.2) is 57.2 Å². The van der Waals surface area contributed by atoms with Crippen LogP contribution in [0.1, 0.15) is 32.8 Å². The normalized spacial score (nSPS) is 11.3. The molecule has 0 amide bonds. The minimum atomic E-state index is -2.29. The Morgan fingerprint density at radius 2 is 1.50 bits per heavy atom. The second-order valence-electron chi connectivity index (χ2n) is 7.73. The van der Waals surface area contributed by atoms with E-state index < -0.39 is 23.3 Å². The minimum absolute atomic E-state index is 0.00195. The van der Waals surface area contributed by atoms with Crippen LogP contribution in [0.25, 0.3) is 11.2 Å². The molecule has 2 heterocycles. The van der Waals surface area contributed by atoms with E-state index in [1.807, 2.05) is 31.2 Å². The summed E-state index contributed by atoms with van der Waals surface area (Å²) < 4.78 is 16.9. The molecule has 0 saturated heterocycles. The number of anilines is 1. The van der Waals surface area contributed by atoms with Gasteiger partial charge in [-0.15, -0.1) is 0 Å². The molecule has 0 atom stereocenters. The molecular weight excluding hydrogens is 486 g/mol. The molecule has 0 fully saturated rings. The van der Waals surface area contributed by atoms with Crippen LogP contribution in [0.4, 0.5) is 5.95 Å². The number of nitrogen functional groups attached to an aromatic ring is 1. The summed E-state index contributed by atoms with van der Waals surface area (Å²) in [5, 5.41) is 0.549. The van der Waals surface area contributed by atoms with E-state index in [1.54, 1.807) is 25.3 Å². The fourth-order valence-electron chi connectivity index (χ4n) is 3.49. The van der Waals surface area contributed by atoms with Crippen LogP contribution in [0, 0.1) is 12.3 Å². The summed E-state index contributed by atoms with van der Waals surface area (Å²) in [6, 6.07) is 7.91. The fourth-order valence-corrected chi connectivity index (χ4v) is 4.37. The van der Waals surface area contributed by atoms with Gasteiger partial charge in [0.2, 0.25) is 5.95 Å². The van der Waals surface area contributed by atoms with E-state index in [0.717, 1.165) is 10.5 Å². The average molecular weight is 516 g/mol. The number of carbonyl (C=O) groups excluding carboxylic acids is 3. The van der Waals surface area contributed by atoms with Crippen molar-refractivity contribution >= 4 is 46.8 Å². The van der Waals surface area contributed by atoms with Crippen LogP contribution < -0.4 is 5.73 Å². The summed E-state index contributed by atoms with van der Waals surface area (Å²) >= 11 is 1.38. The van der Waals surface area contributed by atoms with Gasteiger partial charge in [0.25, 0.3) is 5.41 Å². The van der Waals surface area contributed by atoms with Crippen molar-refractivity contribution in [2.45, 2.75) is 50.6 Å². The fraction of sp³-hybridized carbons (Fsp3) is 0.417. The highest BCUT2D eigenvalue weighted by Crippen LogP contribution is 2.33. The number of ether oxygens (including phenoxy) is 3. The second-order valence-corrected chi connectivity index (χ2v) is 8.79. The van der Waals surface area contributed by atoms with Gasteiger partial charge in [0.05, 0.1) is 26.1 Å². The summed E-state index contributed by atoms with van der Waals surface area (Å²) in [4.78, 5) is 52.9. The number of rotatable bonds is 11. The van der Waals surface area contributed by atoms with E-state index >= 15 is 0 Å². The second kappa shape index (κ2) is 11.8. The number of aromatic nitrogens is 4. The Kier molecular flexibility index (Phi) is 8.86. The molecule has 2 aromatic heterocycles. The van der Waals surface area contributed by atoms with Gasteiger partial charge in [-0.25, -0.2) is 9.97 Å². The predicted octanol–water partition coefficient (Wildman–Crippen LogP) is 2.93. The molecule has 12 heteroatoms. The van der Waals surface area contributed by atoms with Crippen molar-refractivity contribution in [3.05, 3.63) is 36.2 Å². The lowest BCUT2D eigenvalue weighted by molar-refractivity contribution is -0.184. The first-order valence-corrected chi connectivity index (χ1v) is 12.3. The lowest BCUT2D eigenvalue weighted by atomic mass is 9.84. The third kappa shape index (κ3) is 5.59. The zero-order chi connectivity index (χ0) is 26.3. The quantitative estimate of drug-likeness (QED) is 0.174. The van der Waals surface area contributed by atoms with Gasteiger partial charge < -0.3 is 24.5 Å². The predicted molar refractivity (Wildman–Crippen MR) is 132 cm³/mol. The Bertz CT molecular complexity index is 1200. The SMILES string of the molecule is CCOC(=O)C(CCn1cnc2c(Sc3ccc(C)cc3)nc(N)nc21)(C(=O)OCC)C(=O)OCC. The number of nitrogens with two attached hydrogens (primary N) is 1. The first kappa shape index (κ1) is 26.9. The van der Waals surface area contributed by atoms with Gasteiger partial charge in [-0.1, -0.05) is 29.5 Å². The van der Waals surface area contributed by atoms with Crippen molar-refractivity contribution < 1.29 is 28.6 Å². The molecule has 0 saturated carbocycles. The molecule has 192 valence electrons. The molecule has 11 nitrogen and oxygen atoms in total. The van der Waals surface area contributed by atoms with Crippen molar-refractivity contribution in [3.8, 4) is 0 Å². The van der Waals surface area contributed by atoms with E-state index in [0.29, 0.717) is 16.2 Å². The third-order valence-electron chi connectivity index (χ3n) is 5.28. The molecule has 0 spiro atoms. The molecule has 3 aromatic rings. The maximum Gasteiger partial charge on any atom is 0.335 e. The number of hydrogen-bond donors (Lipinski definition) is 1. The summed E-state index contributed by atoms with van der Waals surface area (Å²) in [7, 11) is 0. The van der Waals surface area contributed by atoms with Gasteiger partial charge in [0.15, 0.2) is 5.65 Å². The van der Waals surface area contributed by atoms with Gasteiger partial charge in [-0.3, -0.25) is 14.4 Å². The number of benzene rings is 1. The largest absolute Gasteiger partial charge is 0.465 e. The van der Waals surface area contributed by atoms with Gasteiger partial charge in [0.1, 0.15) is 10.5 Å². The topological polar surface area (TPSA) is 149 Å². The monoisotopic (exact) mass is 515 g/mol. The van der Waals surface area contributed by atoms with Gasteiger partial charge in [0, 0.05) is 17.9 Å². The van der Waals surface area contributed by atoms with Crippen molar-refractivity contribution in [1.29, 1.82) is 0 Å². The Labute approximate surface area is 212 Å². The minimum Gasteiger partial charge on any atom is -0.465 e. The van der Waals surface area contributed by atoms with Crippen LogP contribution in [-0.2, 0) is 35.1 Å². The molecule has 0 bridgehead atoms. The van der Waals surface area contributed by atoms with Crippen molar-refractivity contribution in [1.82, 2.24) is 19.5 Å². The average Bonchev–Trinajstić information content (AvgIpc) is 3.24. The zero-order valence-electron chi connectivity index (χ0n) is 20.6. The number of hydrogen-bond acceptors (Lipinski definition) is 11. The Morgan fingerprint density at radius 1 is 0.944 bits per heavy atom. The molecule has 36 heavy (non-hydrogen) atoms. The van der Waals surface area contributed by atoms with Crippen LogP contribution >= 0.6 is 11.8 Å². The molecule has 0 radical (unpaired) electrons. The van der Waals surface area contributed by atoms with Crippen molar-refractivity contribution in [2.75, 3.05) is 25.6 Å². The lowest BCUT2D eigenvalue weighted by Crippen LogP contribution is -2.50. The summed E-state index contributed by atoms with van der Waals surface area (Å²) in [5.41, 5.74) is 5.69. The van der Waals surface area contributed by atoms with E-state index in [1.165, 1.54) is 18.1 Å². The van der Waals surface area contributed by atoms with Crippen molar-refractivity contribution in [2.24, 2.45) is 5.41 Å². The number of aryl methyl sites for hydroxylation is 2. The molecular formula is C24H29N5O6S. The summed E-state index contributed by atoms with van der Waals surface area (Å²) in [6.45, 7) is 6.64. The van der Waals surface area contributed by atoms with Gasteiger partial charge in [-0.05, 0) is 39.8 Å². The standard InChI is InChI=1S/C24H29N5O6S/c1-5-33-20(30)24(21(31)34-6-2,22(32)35-7-3)12-13-29-14-26-17-18(29)27-23(25)28-19(17)36-16-10-8-15(4)9-11-16/h8-11,14H,5-7,12-13H2,1-4H3,(H2,25,27,28). The van der Waals surface area contributed by atoms with E-state index in [2.05, 4.69) is 15.0 Å². The van der Waals surface area contributed by atoms with Crippen LogP contribution in [0.3, 0.4) is 0 Å². The van der Waals surface area contributed by atoms with Crippen LogP contribution in [0.15, 0.2) is 40.5 Å². The van der Waals surface area contributed by atoms with Gasteiger partial charge >= 0.3 is 17.9 Å². The molecule has 0 aliphatic carbocycles. The molecule has 0 aliphatic rings. The van der Waals surface area contributed by atoms with Crippen molar-refractivity contribution in [3.63, 3.8) is 0 Å². The van der Waals surface area contributed by atoms with E-state index in [4.69, 9.17) is 19.9 Å². The summed E-state index contributed by atoms with van der Waals surface area (Å²) in [5.74, 6) is -3.06. The number of esters is 3. The molecule has 3 rings (SSSR count). The maximum absolute atomic E-state index is 13.0. The van der Waals surface area contributed by atoms with E-state index in [-0.39, 0.29) is 38.7 Å². The first-order chi connectivity index (χ1) is 17.3. The molecule has 1 aromatic carbocycles. The van der Waals surface area contributed by atoms with E-state index in [9.17, 15) is 14.4 Å². The third-order valence-corrected chi connectivity index (χ3v) is 6.27. The molecule has 2 N–H and O–H groups in total. The smallest absolute Gasteiger partial charge is 0.335 e. The summed E-state index contributed by atoms with van der Waals surface area (Å²) in [6.07, 6.45) is 1.20. The van der Waals surface area contributed by atoms with Crippen LogP contribution in [0.5, 0.6) is 0 Å². The Morgan fingerprint density at radius 3 is 2.03 bits per heavy atom. The number of carbonyl (C=O) groups is 3. The molecule has 0 unspecified atom stereocenters. The van der Waals surface area contributed by atoms with Gasteiger partial charge in [-0.2, -0.15) is 4.98 Å². The highest BCUT2D eigenvalue weighted by Gasteiger charge is 2.57. The zero-order valence-corrected chi connectivity index (χ0v) is 21.5. The first-order valence-electron chi connectivity index (χ1n) is 11.5. The molecule has 0 aliphatic heterocycles. The highest BCUT2D eigenvalue weighted by molar-refractivity contribution is 7.99. The Hall–Kier alpha value is -3.67. The number of imidazole rings is 1. The lowest BCUT2D eigenvalue weighted by Gasteiger charge is -2.27. The van der Waals surface area contributed by atoms with Crippen LogP contribution in [0.2, 0.25) is 0 Å². The number of fused-ring (bicyclic) bond motifs is 1. The Balaban J connectivity index is 1.98. The highest BCUT2D eigenvalue weighted by atomic mass is 32.2. The number of nitrogens with zero attached hydrogens (tertiary/aromatic N) is 4.